The van der Waals surface area contributed by atoms with Gasteiger partial charge in [0.25, 0.3) is 0 Å². The van der Waals surface area contributed by atoms with Gasteiger partial charge < -0.3 is 20.2 Å². The summed E-state index contributed by atoms with van der Waals surface area (Å²) in [5.41, 5.74) is 1.90. The van der Waals surface area contributed by atoms with E-state index in [4.69, 9.17) is 0 Å². The van der Waals surface area contributed by atoms with Crippen LogP contribution in [0.2, 0.25) is 0 Å². The molecule has 2 amide bonds. The van der Waals surface area contributed by atoms with Crippen LogP contribution in [0.5, 0.6) is 0 Å². The first-order chi connectivity index (χ1) is 10.8. The zero-order valence-corrected chi connectivity index (χ0v) is 15.0. The standard InChI is InChI=1S/C18H31N3O2/c1-6-7-12-20(5)17-10-8-16(9-11-17)19-18(23)21(14(2)3)13-15(4)22/h8-11,14-15,22H,6-7,12-13H2,1-5H3,(H,19,23). The Kier molecular flexibility index (Phi) is 7.89. The number of amides is 2. The number of hydrogen-bond donors (Lipinski definition) is 2. The summed E-state index contributed by atoms with van der Waals surface area (Å²) in [6, 6.07) is 7.70. The first kappa shape index (κ1) is 19.3. The van der Waals surface area contributed by atoms with E-state index in [9.17, 15) is 9.90 Å². The summed E-state index contributed by atoms with van der Waals surface area (Å²) in [5.74, 6) is 0. The van der Waals surface area contributed by atoms with Crippen molar-refractivity contribution in [2.75, 3.05) is 30.4 Å². The summed E-state index contributed by atoms with van der Waals surface area (Å²) in [4.78, 5) is 16.2. The van der Waals surface area contributed by atoms with Crippen molar-refractivity contribution in [3.8, 4) is 0 Å². The topological polar surface area (TPSA) is 55.8 Å². The largest absolute Gasteiger partial charge is 0.392 e. The molecular weight excluding hydrogens is 290 g/mol. The molecule has 0 aromatic heterocycles. The normalized spacial score (nSPS) is 12.1. The predicted molar refractivity (Wildman–Crippen MR) is 97.2 cm³/mol. The molecule has 130 valence electrons. The van der Waals surface area contributed by atoms with Gasteiger partial charge >= 0.3 is 6.03 Å². The number of hydrogen-bond acceptors (Lipinski definition) is 3. The van der Waals surface area contributed by atoms with Crippen LogP contribution in [-0.4, -0.2) is 48.3 Å². The van der Waals surface area contributed by atoms with E-state index in [0.717, 1.165) is 24.3 Å². The molecule has 0 spiro atoms. The molecule has 0 radical (unpaired) electrons. The Morgan fingerprint density at radius 3 is 2.30 bits per heavy atom. The lowest BCUT2D eigenvalue weighted by atomic mass is 10.2. The van der Waals surface area contributed by atoms with Gasteiger partial charge in [-0.05, 0) is 51.5 Å². The van der Waals surface area contributed by atoms with Crippen LogP contribution in [0.1, 0.15) is 40.5 Å². The van der Waals surface area contributed by atoms with E-state index >= 15 is 0 Å². The Bertz CT molecular complexity index is 472. The minimum atomic E-state index is -0.544. The molecule has 0 saturated carbocycles. The van der Waals surface area contributed by atoms with Crippen molar-refractivity contribution in [2.45, 2.75) is 52.7 Å². The van der Waals surface area contributed by atoms with Crippen molar-refractivity contribution >= 4 is 17.4 Å². The molecule has 1 atom stereocenters. The van der Waals surface area contributed by atoms with Gasteiger partial charge in [-0.1, -0.05) is 13.3 Å². The predicted octanol–water partition coefficient (Wildman–Crippen LogP) is 3.55. The van der Waals surface area contributed by atoms with E-state index in [1.54, 1.807) is 11.8 Å². The van der Waals surface area contributed by atoms with Gasteiger partial charge in [-0.15, -0.1) is 0 Å². The molecule has 0 aliphatic rings. The first-order valence-corrected chi connectivity index (χ1v) is 8.42. The van der Waals surface area contributed by atoms with Gasteiger partial charge in [-0.2, -0.15) is 0 Å². The number of nitrogens with one attached hydrogen (secondary N) is 1. The summed E-state index contributed by atoms with van der Waals surface area (Å²) >= 11 is 0. The number of aliphatic hydroxyl groups is 1. The average Bonchev–Trinajstić information content (AvgIpc) is 2.50. The highest BCUT2D eigenvalue weighted by molar-refractivity contribution is 5.89. The molecule has 5 nitrogen and oxygen atoms in total. The zero-order valence-electron chi connectivity index (χ0n) is 15.0. The lowest BCUT2D eigenvalue weighted by Crippen LogP contribution is -2.43. The van der Waals surface area contributed by atoms with Crippen LogP contribution in [0.25, 0.3) is 0 Å². The minimum absolute atomic E-state index is 0.0315. The number of unbranched alkanes of at least 4 members (excludes halogenated alkanes) is 1. The average molecular weight is 321 g/mol. The lowest BCUT2D eigenvalue weighted by Gasteiger charge is -2.28. The van der Waals surface area contributed by atoms with E-state index in [0.29, 0.717) is 6.54 Å². The fraction of sp³-hybridized carbons (Fsp3) is 0.611. The molecule has 1 unspecified atom stereocenters. The number of rotatable bonds is 8. The van der Waals surface area contributed by atoms with Crippen molar-refractivity contribution in [3.63, 3.8) is 0 Å². The molecule has 1 aromatic carbocycles. The van der Waals surface area contributed by atoms with Crippen molar-refractivity contribution in [1.29, 1.82) is 0 Å². The van der Waals surface area contributed by atoms with Gasteiger partial charge in [-0.25, -0.2) is 4.79 Å². The van der Waals surface area contributed by atoms with Crippen LogP contribution in [0.4, 0.5) is 16.2 Å². The molecular formula is C18H31N3O2. The second kappa shape index (κ2) is 9.40. The Labute approximate surface area is 140 Å². The van der Waals surface area contributed by atoms with Crippen LogP contribution in [0.3, 0.4) is 0 Å². The number of aliphatic hydroxyl groups excluding tert-OH is 1. The molecule has 0 heterocycles. The first-order valence-electron chi connectivity index (χ1n) is 8.42. The SMILES string of the molecule is CCCCN(C)c1ccc(NC(=O)N(CC(C)O)C(C)C)cc1. The second-order valence-electron chi connectivity index (χ2n) is 6.35. The lowest BCUT2D eigenvalue weighted by molar-refractivity contribution is 0.125. The molecule has 0 aliphatic carbocycles. The number of nitrogens with zero attached hydrogens (tertiary/aromatic N) is 2. The maximum atomic E-state index is 12.3. The molecule has 0 saturated heterocycles. The highest BCUT2D eigenvalue weighted by Gasteiger charge is 2.18. The molecule has 0 aliphatic heterocycles. The van der Waals surface area contributed by atoms with Gasteiger partial charge in [0, 0.05) is 37.6 Å². The van der Waals surface area contributed by atoms with Crippen LogP contribution in [0.15, 0.2) is 24.3 Å². The molecule has 2 N–H and O–H groups in total. The van der Waals surface area contributed by atoms with Crippen molar-refractivity contribution in [1.82, 2.24) is 4.90 Å². The van der Waals surface area contributed by atoms with Gasteiger partial charge in [0.2, 0.25) is 0 Å². The third kappa shape index (κ3) is 6.48. The van der Waals surface area contributed by atoms with Crippen LogP contribution >= 0.6 is 0 Å². The molecule has 0 bridgehead atoms. The van der Waals surface area contributed by atoms with Crippen LogP contribution in [0, 0.1) is 0 Å². The highest BCUT2D eigenvalue weighted by atomic mass is 16.3. The smallest absolute Gasteiger partial charge is 0.322 e. The fourth-order valence-electron chi connectivity index (χ4n) is 2.33. The van der Waals surface area contributed by atoms with Crippen LogP contribution < -0.4 is 10.2 Å². The zero-order chi connectivity index (χ0) is 17.4. The molecule has 1 rings (SSSR count). The van der Waals surface area contributed by atoms with Crippen molar-refractivity contribution in [2.24, 2.45) is 0 Å². The van der Waals surface area contributed by atoms with Crippen LogP contribution in [-0.2, 0) is 0 Å². The minimum Gasteiger partial charge on any atom is -0.392 e. The molecule has 1 aromatic rings. The van der Waals surface area contributed by atoms with Crippen molar-refractivity contribution in [3.05, 3.63) is 24.3 Å². The van der Waals surface area contributed by atoms with Gasteiger partial charge in [0.05, 0.1) is 6.10 Å². The highest BCUT2D eigenvalue weighted by Crippen LogP contribution is 2.18. The molecule has 5 heteroatoms. The number of anilines is 2. The Balaban J connectivity index is 2.67. The van der Waals surface area contributed by atoms with E-state index in [-0.39, 0.29) is 12.1 Å². The summed E-state index contributed by atoms with van der Waals surface area (Å²) in [6.07, 6.45) is 1.79. The third-order valence-electron chi connectivity index (χ3n) is 3.75. The molecule has 23 heavy (non-hydrogen) atoms. The quantitative estimate of drug-likeness (QED) is 0.770. The summed E-state index contributed by atoms with van der Waals surface area (Å²) in [7, 11) is 2.08. The van der Waals surface area contributed by atoms with Gasteiger partial charge in [-0.3, -0.25) is 0 Å². The fourth-order valence-corrected chi connectivity index (χ4v) is 2.33. The van der Waals surface area contributed by atoms with E-state index in [2.05, 4.69) is 24.2 Å². The Hall–Kier alpha value is -1.75. The summed E-state index contributed by atoms with van der Waals surface area (Å²) < 4.78 is 0. The van der Waals surface area contributed by atoms with Crippen molar-refractivity contribution < 1.29 is 9.90 Å². The number of benzene rings is 1. The maximum Gasteiger partial charge on any atom is 0.322 e. The number of carbonyl (C=O) groups is 1. The molecule has 0 fully saturated rings. The Morgan fingerprint density at radius 2 is 1.83 bits per heavy atom. The number of urea groups is 1. The van der Waals surface area contributed by atoms with Gasteiger partial charge in [0.15, 0.2) is 0 Å². The maximum absolute atomic E-state index is 12.3. The Morgan fingerprint density at radius 1 is 1.22 bits per heavy atom. The summed E-state index contributed by atoms with van der Waals surface area (Å²) in [5, 5.41) is 12.4. The monoisotopic (exact) mass is 321 g/mol. The third-order valence-corrected chi connectivity index (χ3v) is 3.75. The van der Waals surface area contributed by atoms with E-state index in [1.807, 2.05) is 38.1 Å². The van der Waals surface area contributed by atoms with Gasteiger partial charge in [0.1, 0.15) is 0 Å². The van der Waals surface area contributed by atoms with E-state index < -0.39 is 6.10 Å². The number of carbonyl (C=O) groups excluding carboxylic acids is 1. The van der Waals surface area contributed by atoms with E-state index in [1.165, 1.54) is 6.42 Å². The second-order valence-corrected chi connectivity index (χ2v) is 6.35. The summed E-state index contributed by atoms with van der Waals surface area (Å²) in [6.45, 7) is 9.09.